The Bertz CT molecular complexity index is 707. The number of hydrogen-bond donors (Lipinski definition) is 2. The summed E-state index contributed by atoms with van der Waals surface area (Å²) in [6.45, 7) is 1.01. The van der Waals surface area contributed by atoms with E-state index < -0.39 is 16.2 Å². The molecule has 1 aromatic carbocycles. The number of carboxylic acid groups (broad SMARTS) is 1. The fraction of sp³-hybridized carbons (Fsp3) is 0.533. The largest absolute Gasteiger partial charge is 0.497 e. The second-order valence-electron chi connectivity index (χ2n) is 6.09. The van der Waals surface area contributed by atoms with Crippen LogP contribution in [0.4, 0.5) is 5.69 Å². The van der Waals surface area contributed by atoms with Gasteiger partial charge in [0.1, 0.15) is 5.75 Å². The van der Waals surface area contributed by atoms with Gasteiger partial charge in [-0.1, -0.05) is 6.42 Å². The molecule has 0 amide bonds. The van der Waals surface area contributed by atoms with Crippen molar-refractivity contribution in [2.45, 2.75) is 19.3 Å². The number of anilines is 1. The van der Waals surface area contributed by atoms with Crippen LogP contribution in [-0.4, -0.2) is 44.0 Å². The van der Waals surface area contributed by atoms with E-state index in [-0.39, 0.29) is 11.3 Å². The first-order valence-corrected chi connectivity index (χ1v) is 9.04. The fourth-order valence-electron chi connectivity index (χ4n) is 3.51. The third-order valence-corrected chi connectivity index (χ3v) is 6.18. The van der Waals surface area contributed by atoms with Crippen LogP contribution < -0.4 is 9.46 Å². The lowest BCUT2D eigenvalue weighted by Gasteiger charge is -2.19. The standard InChI is InChI=1S/C15H20N2O5S/c1-22-12-5-6-13(15(18)19)14(7-12)16-23(20,21)17-8-10-3-2-4-11(10)9-17/h5-7,10-11,16H,2-4,8-9H2,1H3,(H,18,19)/t10-,11+. The van der Waals surface area contributed by atoms with Crippen molar-refractivity contribution in [3.63, 3.8) is 0 Å². The summed E-state index contributed by atoms with van der Waals surface area (Å²) in [6, 6.07) is 4.21. The molecule has 0 spiro atoms. The number of carboxylic acids is 1. The van der Waals surface area contributed by atoms with Crippen molar-refractivity contribution >= 4 is 21.9 Å². The number of nitrogens with zero attached hydrogens (tertiary/aromatic N) is 1. The topological polar surface area (TPSA) is 95.9 Å². The van der Waals surface area contributed by atoms with Gasteiger partial charge in [0.05, 0.1) is 18.4 Å². The van der Waals surface area contributed by atoms with Gasteiger partial charge in [-0.2, -0.15) is 12.7 Å². The molecule has 0 aromatic heterocycles. The van der Waals surface area contributed by atoms with Crippen LogP contribution in [0, 0.1) is 11.8 Å². The van der Waals surface area contributed by atoms with Crippen LogP contribution in [0.2, 0.25) is 0 Å². The Kier molecular flexibility index (Phi) is 4.20. The Balaban J connectivity index is 1.84. The lowest BCUT2D eigenvalue weighted by atomic mass is 10.0. The summed E-state index contributed by atoms with van der Waals surface area (Å²) in [6.07, 6.45) is 3.29. The van der Waals surface area contributed by atoms with Crippen molar-refractivity contribution in [1.29, 1.82) is 0 Å². The maximum atomic E-state index is 12.6. The lowest BCUT2D eigenvalue weighted by Crippen LogP contribution is -2.35. The highest BCUT2D eigenvalue weighted by Crippen LogP contribution is 2.39. The molecule has 0 radical (unpaired) electrons. The summed E-state index contributed by atoms with van der Waals surface area (Å²) in [7, 11) is -2.33. The number of ether oxygens (including phenoxy) is 1. The van der Waals surface area contributed by atoms with Crippen LogP contribution in [0.3, 0.4) is 0 Å². The minimum Gasteiger partial charge on any atom is -0.497 e. The van der Waals surface area contributed by atoms with Gasteiger partial charge in [0, 0.05) is 19.2 Å². The van der Waals surface area contributed by atoms with E-state index in [0.29, 0.717) is 30.7 Å². The zero-order chi connectivity index (χ0) is 16.6. The van der Waals surface area contributed by atoms with Gasteiger partial charge in [-0.3, -0.25) is 4.72 Å². The number of nitrogens with one attached hydrogen (secondary N) is 1. The Labute approximate surface area is 135 Å². The average Bonchev–Trinajstić information content (AvgIpc) is 3.07. The summed E-state index contributed by atoms with van der Waals surface area (Å²) in [5.74, 6) is 0.0568. The third kappa shape index (κ3) is 3.13. The number of aromatic carboxylic acids is 1. The van der Waals surface area contributed by atoms with Crippen LogP contribution in [-0.2, 0) is 10.2 Å². The number of carbonyl (C=O) groups is 1. The van der Waals surface area contributed by atoms with Crippen molar-refractivity contribution in [3.8, 4) is 5.75 Å². The molecule has 0 bridgehead atoms. The molecule has 8 heteroatoms. The van der Waals surface area contributed by atoms with E-state index in [4.69, 9.17) is 4.74 Å². The summed E-state index contributed by atoms with van der Waals surface area (Å²) in [5.41, 5.74) is -0.0809. The van der Waals surface area contributed by atoms with Crippen molar-refractivity contribution in [1.82, 2.24) is 4.31 Å². The molecule has 2 fully saturated rings. The fourth-order valence-corrected chi connectivity index (χ4v) is 4.86. The Hall–Kier alpha value is -1.80. The highest BCUT2D eigenvalue weighted by molar-refractivity contribution is 7.90. The maximum Gasteiger partial charge on any atom is 0.337 e. The molecule has 0 unspecified atom stereocenters. The van der Waals surface area contributed by atoms with Crippen LogP contribution in [0.25, 0.3) is 0 Å². The van der Waals surface area contributed by atoms with Crippen molar-refractivity contribution in [3.05, 3.63) is 23.8 Å². The smallest absolute Gasteiger partial charge is 0.337 e. The quantitative estimate of drug-likeness (QED) is 0.852. The summed E-state index contributed by atoms with van der Waals surface area (Å²) in [4.78, 5) is 11.3. The van der Waals surface area contributed by atoms with Gasteiger partial charge in [0.25, 0.3) is 0 Å². The molecular weight excluding hydrogens is 320 g/mol. The minimum atomic E-state index is -3.77. The first-order chi connectivity index (χ1) is 10.9. The minimum absolute atomic E-state index is 0.0221. The van der Waals surface area contributed by atoms with Crippen molar-refractivity contribution in [2.24, 2.45) is 11.8 Å². The molecule has 1 aromatic rings. The van der Waals surface area contributed by atoms with Gasteiger partial charge in [0.15, 0.2) is 0 Å². The van der Waals surface area contributed by atoms with Crippen LogP contribution in [0.5, 0.6) is 5.75 Å². The normalized spacial score (nSPS) is 24.4. The van der Waals surface area contributed by atoms with E-state index in [1.54, 1.807) is 0 Å². The molecule has 7 nitrogen and oxygen atoms in total. The Morgan fingerprint density at radius 1 is 1.30 bits per heavy atom. The molecule has 23 heavy (non-hydrogen) atoms. The predicted octanol–water partition coefficient (Wildman–Crippen LogP) is 1.78. The molecule has 126 valence electrons. The van der Waals surface area contributed by atoms with Gasteiger partial charge in [-0.15, -0.1) is 0 Å². The van der Waals surface area contributed by atoms with Crippen LogP contribution in [0.1, 0.15) is 29.6 Å². The molecule has 2 atom stereocenters. The number of methoxy groups -OCH3 is 1. The average molecular weight is 340 g/mol. The third-order valence-electron chi connectivity index (χ3n) is 4.73. The summed E-state index contributed by atoms with van der Waals surface area (Å²) < 4.78 is 34.1. The molecule has 1 saturated carbocycles. The Morgan fingerprint density at radius 3 is 2.52 bits per heavy atom. The van der Waals surface area contributed by atoms with E-state index in [0.717, 1.165) is 19.3 Å². The molecule has 1 saturated heterocycles. The van der Waals surface area contributed by atoms with Crippen LogP contribution in [0.15, 0.2) is 18.2 Å². The summed E-state index contributed by atoms with van der Waals surface area (Å²) in [5, 5.41) is 9.23. The molecular formula is C15H20N2O5S. The van der Waals surface area contributed by atoms with E-state index in [1.807, 2.05) is 0 Å². The SMILES string of the molecule is COc1ccc(C(=O)O)c(NS(=O)(=O)N2C[C@H]3CCC[C@H]3C2)c1. The Morgan fingerprint density at radius 2 is 1.96 bits per heavy atom. The molecule has 1 aliphatic carbocycles. The first kappa shape index (κ1) is 16.1. The van der Waals surface area contributed by atoms with Crippen molar-refractivity contribution < 1.29 is 23.1 Å². The van der Waals surface area contributed by atoms with Gasteiger partial charge < -0.3 is 9.84 Å². The zero-order valence-electron chi connectivity index (χ0n) is 12.9. The molecule has 2 N–H and O–H groups in total. The van der Waals surface area contributed by atoms with Crippen LogP contribution >= 0.6 is 0 Å². The molecule has 1 aliphatic heterocycles. The van der Waals surface area contributed by atoms with E-state index in [9.17, 15) is 18.3 Å². The van der Waals surface area contributed by atoms with Gasteiger partial charge in [-0.05, 0) is 36.8 Å². The highest BCUT2D eigenvalue weighted by atomic mass is 32.2. The van der Waals surface area contributed by atoms with Gasteiger partial charge in [0.2, 0.25) is 0 Å². The number of benzene rings is 1. The molecule has 3 rings (SSSR count). The van der Waals surface area contributed by atoms with E-state index in [2.05, 4.69) is 4.72 Å². The monoisotopic (exact) mass is 340 g/mol. The second-order valence-corrected chi connectivity index (χ2v) is 7.76. The molecule has 1 heterocycles. The number of hydrogen-bond acceptors (Lipinski definition) is 4. The highest BCUT2D eigenvalue weighted by Gasteiger charge is 2.41. The maximum absolute atomic E-state index is 12.6. The second kappa shape index (κ2) is 6.01. The van der Waals surface area contributed by atoms with E-state index >= 15 is 0 Å². The first-order valence-electron chi connectivity index (χ1n) is 7.60. The lowest BCUT2D eigenvalue weighted by molar-refractivity contribution is 0.0698. The molecule has 2 aliphatic rings. The summed E-state index contributed by atoms with van der Waals surface area (Å²) >= 11 is 0. The predicted molar refractivity (Wildman–Crippen MR) is 84.9 cm³/mol. The van der Waals surface area contributed by atoms with E-state index in [1.165, 1.54) is 29.6 Å². The van der Waals surface area contributed by atoms with Gasteiger partial charge >= 0.3 is 16.2 Å². The zero-order valence-corrected chi connectivity index (χ0v) is 13.7. The van der Waals surface area contributed by atoms with Crippen molar-refractivity contribution in [2.75, 3.05) is 24.9 Å². The number of rotatable bonds is 5. The van der Waals surface area contributed by atoms with Gasteiger partial charge in [-0.25, -0.2) is 4.79 Å². The number of fused-ring (bicyclic) bond motifs is 1.